The number of halogens is 1. The summed E-state index contributed by atoms with van der Waals surface area (Å²) in [6.45, 7) is 3.55. The number of aryl methyl sites for hydroxylation is 1. The number of unbranched alkanes of at least 4 members (excludes halogenated alkanes) is 2. The number of piperidine rings is 1. The number of imidazole rings is 1. The van der Waals surface area contributed by atoms with Gasteiger partial charge in [0.25, 0.3) is 5.56 Å². The molecule has 35 heavy (non-hydrogen) atoms. The van der Waals surface area contributed by atoms with Crippen molar-refractivity contribution in [2.45, 2.75) is 45.6 Å². The van der Waals surface area contributed by atoms with Crippen LogP contribution in [0.15, 0.2) is 41.3 Å². The molecule has 0 saturated carbocycles. The number of hydrogen-bond acceptors (Lipinski definition) is 5. The molecule has 4 rings (SSSR count). The lowest BCUT2D eigenvalue weighted by Crippen LogP contribution is -2.45. The number of carboxylic acid groups (broad SMARTS) is 1. The molecule has 1 fully saturated rings. The Balaban J connectivity index is 1.71. The minimum Gasteiger partial charge on any atom is -0.480 e. The van der Waals surface area contributed by atoms with Gasteiger partial charge in [-0.2, -0.15) is 0 Å². The van der Waals surface area contributed by atoms with Crippen molar-refractivity contribution in [3.63, 3.8) is 0 Å². The van der Waals surface area contributed by atoms with E-state index in [2.05, 4.69) is 21.7 Å². The molecule has 1 saturated heterocycles. The van der Waals surface area contributed by atoms with Gasteiger partial charge in [0.2, 0.25) is 11.7 Å². The molecule has 2 aromatic heterocycles. The molecule has 1 amide bonds. The SMILES string of the molecule is CCCCCn1c(N2CCC[C@@H](C(=O)NCC(=O)O)C2)cc(=O)n2cc(-c3ccc(Cl)cc3)nc12. The van der Waals surface area contributed by atoms with Crippen molar-refractivity contribution in [2.75, 3.05) is 24.5 Å². The van der Waals surface area contributed by atoms with Crippen molar-refractivity contribution >= 4 is 35.1 Å². The second-order valence-corrected chi connectivity index (χ2v) is 9.34. The Morgan fingerprint density at radius 1 is 1.23 bits per heavy atom. The van der Waals surface area contributed by atoms with E-state index in [9.17, 15) is 14.4 Å². The molecule has 1 aliphatic rings. The van der Waals surface area contributed by atoms with Crippen LogP contribution in [0.25, 0.3) is 17.0 Å². The molecule has 0 aliphatic carbocycles. The minimum atomic E-state index is -1.07. The highest BCUT2D eigenvalue weighted by atomic mass is 35.5. The first kappa shape index (κ1) is 24.8. The fourth-order valence-electron chi connectivity index (χ4n) is 4.55. The quantitative estimate of drug-likeness (QED) is 0.437. The number of carboxylic acids is 1. The molecule has 1 aliphatic heterocycles. The zero-order chi connectivity index (χ0) is 24.9. The summed E-state index contributed by atoms with van der Waals surface area (Å²) in [6, 6.07) is 8.96. The van der Waals surface area contributed by atoms with Crippen molar-refractivity contribution in [3.8, 4) is 11.3 Å². The molecular weight excluding hydrogens is 470 g/mol. The molecule has 0 bridgehead atoms. The molecular formula is C25H30ClN5O4. The molecule has 186 valence electrons. The smallest absolute Gasteiger partial charge is 0.322 e. The van der Waals surface area contributed by atoms with Crippen LogP contribution in [-0.2, 0) is 16.1 Å². The fourth-order valence-corrected chi connectivity index (χ4v) is 4.67. The van der Waals surface area contributed by atoms with Crippen LogP contribution >= 0.6 is 11.6 Å². The summed E-state index contributed by atoms with van der Waals surface area (Å²) in [5, 5.41) is 12.0. The van der Waals surface area contributed by atoms with E-state index in [0.717, 1.165) is 37.1 Å². The number of amides is 1. The van der Waals surface area contributed by atoms with E-state index < -0.39 is 12.5 Å². The maximum atomic E-state index is 13.1. The highest BCUT2D eigenvalue weighted by molar-refractivity contribution is 6.30. The van der Waals surface area contributed by atoms with Gasteiger partial charge in [-0.25, -0.2) is 4.98 Å². The van der Waals surface area contributed by atoms with Gasteiger partial charge in [-0.05, 0) is 31.4 Å². The van der Waals surface area contributed by atoms with Crippen LogP contribution in [0, 0.1) is 5.92 Å². The Morgan fingerprint density at radius 2 is 2.00 bits per heavy atom. The number of hydrogen-bond donors (Lipinski definition) is 2. The Morgan fingerprint density at radius 3 is 2.71 bits per heavy atom. The van der Waals surface area contributed by atoms with Crippen LogP contribution in [0.3, 0.4) is 0 Å². The Hall–Kier alpha value is -3.33. The van der Waals surface area contributed by atoms with Gasteiger partial charge in [0, 0.05) is 42.5 Å². The van der Waals surface area contributed by atoms with E-state index in [4.69, 9.17) is 21.7 Å². The fraction of sp³-hybridized carbons (Fsp3) is 0.440. The number of rotatable bonds is 9. The largest absolute Gasteiger partial charge is 0.480 e. The zero-order valence-corrected chi connectivity index (χ0v) is 20.5. The summed E-state index contributed by atoms with van der Waals surface area (Å²) in [5.41, 5.74) is 1.36. The third kappa shape index (κ3) is 5.67. The second-order valence-electron chi connectivity index (χ2n) is 8.90. The third-order valence-electron chi connectivity index (χ3n) is 6.35. The third-order valence-corrected chi connectivity index (χ3v) is 6.60. The van der Waals surface area contributed by atoms with Crippen molar-refractivity contribution in [1.82, 2.24) is 19.3 Å². The number of aliphatic carboxylic acids is 1. The lowest BCUT2D eigenvalue weighted by atomic mass is 9.97. The molecule has 1 aromatic carbocycles. The molecule has 10 heteroatoms. The van der Waals surface area contributed by atoms with Crippen LogP contribution in [-0.4, -0.2) is 50.6 Å². The summed E-state index contributed by atoms with van der Waals surface area (Å²) in [5.74, 6) is -0.391. The van der Waals surface area contributed by atoms with Gasteiger partial charge in [0.05, 0.1) is 11.6 Å². The Kier molecular flexibility index (Phi) is 7.75. The highest BCUT2D eigenvalue weighted by Crippen LogP contribution is 2.26. The van der Waals surface area contributed by atoms with Crippen molar-refractivity contribution in [2.24, 2.45) is 5.92 Å². The number of carbonyl (C=O) groups is 2. The average molecular weight is 500 g/mol. The molecule has 0 unspecified atom stereocenters. The summed E-state index contributed by atoms with van der Waals surface area (Å²) in [7, 11) is 0. The van der Waals surface area contributed by atoms with E-state index in [1.54, 1.807) is 28.8 Å². The van der Waals surface area contributed by atoms with Gasteiger partial charge < -0.3 is 15.3 Å². The molecule has 3 aromatic rings. The molecule has 0 radical (unpaired) electrons. The van der Waals surface area contributed by atoms with Gasteiger partial charge in [0.1, 0.15) is 12.4 Å². The maximum Gasteiger partial charge on any atom is 0.322 e. The summed E-state index contributed by atoms with van der Waals surface area (Å²) in [6.07, 6.45) is 6.23. The van der Waals surface area contributed by atoms with E-state index in [-0.39, 0.29) is 17.4 Å². The number of benzene rings is 1. The van der Waals surface area contributed by atoms with Crippen molar-refractivity contribution in [3.05, 3.63) is 51.9 Å². The van der Waals surface area contributed by atoms with Gasteiger partial charge in [-0.15, -0.1) is 0 Å². The van der Waals surface area contributed by atoms with Gasteiger partial charge in [0.15, 0.2) is 0 Å². The highest BCUT2D eigenvalue weighted by Gasteiger charge is 2.28. The van der Waals surface area contributed by atoms with Crippen LogP contribution in [0.4, 0.5) is 5.82 Å². The van der Waals surface area contributed by atoms with Crippen LogP contribution in [0.2, 0.25) is 5.02 Å². The predicted octanol–water partition coefficient (Wildman–Crippen LogP) is 3.42. The number of aromatic nitrogens is 3. The molecule has 9 nitrogen and oxygen atoms in total. The Bertz CT molecular complexity index is 1270. The number of fused-ring (bicyclic) bond motifs is 1. The minimum absolute atomic E-state index is 0.188. The van der Waals surface area contributed by atoms with Gasteiger partial charge in [-0.1, -0.05) is 43.5 Å². The number of nitrogens with zero attached hydrogens (tertiary/aromatic N) is 4. The molecule has 2 N–H and O–H groups in total. The first-order chi connectivity index (χ1) is 16.9. The molecule has 1 atom stereocenters. The number of anilines is 1. The number of nitrogens with one attached hydrogen (secondary N) is 1. The van der Waals surface area contributed by atoms with Crippen LogP contribution in [0.5, 0.6) is 0 Å². The average Bonchev–Trinajstić information content (AvgIpc) is 3.30. The lowest BCUT2D eigenvalue weighted by molar-refractivity contribution is -0.138. The maximum absolute atomic E-state index is 13.1. The van der Waals surface area contributed by atoms with E-state index in [1.807, 2.05) is 12.1 Å². The lowest BCUT2D eigenvalue weighted by Gasteiger charge is -2.35. The molecule has 3 heterocycles. The van der Waals surface area contributed by atoms with Gasteiger partial charge >= 0.3 is 5.97 Å². The predicted molar refractivity (Wildman–Crippen MR) is 135 cm³/mol. The van der Waals surface area contributed by atoms with Crippen LogP contribution < -0.4 is 15.8 Å². The summed E-state index contributed by atoms with van der Waals surface area (Å²) in [4.78, 5) is 43.4. The Labute approximate surface area is 208 Å². The topological polar surface area (TPSA) is 109 Å². The summed E-state index contributed by atoms with van der Waals surface area (Å²) >= 11 is 6.03. The monoisotopic (exact) mass is 499 g/mol. The normalized spacial score (nSPS) is 15.9. The number of carbonyl (C=O) groups excluding carboxylic acids is 1. The van der Waals surface area contributed by atoms with Crippen molar-refractivity contribution in [1.29, 1.82) is 0 Å². The van der Waals surface area contributed by atoms with Gasteiger partial charge in [-0.3, -0.25) is 23.4 Å². The second kappa shape index (κ2) is 10.9. The molecule has 0 spiro atoms. The first-order valence-electron chi connectivity index (χ1n) is 12.0. The summed E-state index contributed by atoms with van der Waals surface area (Å²) < 4.78 is 3.63. The van der Waals surface area contributed by atoms with E-state index >= 15 is 0 Å². The van der Waals surface area contributed by atoms with Crippen molar-refractivity contribution < 1.29 is 14.7 Å². The van der Waals surface area contributed by atoms with E-state index in [1.165, 1.54) is 0 Å². The first-order valence-corrected chi connectivity index (χ1v) is 12.4. The van der Waals surface area contributed by atoms with Crippen LogP contribution in [0.1, 0.15) is 39.0 Å². The zero-order valence-electron chi connectivity index (χ0n) is 19.7. The van der Waals surface area contributed by atoms with E-state index in [0.29, 0.717) is 42.5 Å². The standard InChI is InChI=1S/C25H30ClN5O4/c1-2-3-4-12-30-21(29-11-5-6-18(15-29)24(35)27-14-23(33)34)13-22(32)31-16-20(28-25(30)31)17-7-9-19(26)10-8-17/h7-10,13,16,18H,2-6,11-12,14-15H2,1H3,(H,27,35)(H,33,34)/t18-/m1/s1.